The molecule has 0 aromatic heterocycles. The van der Waals surface area contributed by atoms with Crippen molar-refractivity contribution in [2.45, 2.75) is 18.9 Å². The van der Waals surface area contributed by atoms with E-state index in [1.165, 1.54) is 5.56 Å². The second kappa shape index (κ2) is 6.59. The van der Waals surface area contributed by atoms with Crippen LogP contribution in [0.1, 0.15) is 24.4 Å². The third-order valence-corrected chi connectivity index (χ3v) is 5.79. The SMILES string of the molecule is O=C(C1CNNC1c1ccccc1)N1CC[C@@H]2CNC[C@@H]2CC1. The molecule has 124 valence electrons. The number of nitrogens with zero attached hydrogens (tertiary/aromatic N) is 1. The van der Waals surface area contributed by atoms with E-state index in [0.29, 0.717) is 12.5 Å². The van der Waals surface area contributed by atoms with E-state index in [-0.39, 0.29) is 12.0 Å². The first-order chi connectivity index (χ1) is 11.3. The molecule has 0 saturated carbocycles. The molecule has 1 aromatic rings. The van der Waals surface area contributed by atoms with Crippen molar-refractivity contribution in [3.05, 3.63) is 35.9 Å². The summed E-state index contributed by atoms with van der Waals surface area (Å²) in [5.41, 5.74) is 7.67. The van der Waals surface area contributed by atoms with Crippen LogP contribution >= 0.6 is 0 Å². The topological polar surface area (TPSA) is 56.4 Å². The van der Waals surface area contributed by atoms with Crippen molar-refractivity contribution in [3.8, 4) is 0 Å². The highest BCUT2D eigenvalue weighted by atomic mass is 16.2. The predicted molar refractivity (Wildman–Crippen MR) is 89.5 cm³/mol. The number of carbonyl (C=O) groups excluding carboxylic acids is 1. The minimum atomic E-state index is -0.00605. The van der Waals surface area contributed by atoms with Gasteiger partial charge < -0.3 is 10.2 Å². The lowest BCUT2D eigenvalue weighted by atomic mass is 9.92. The van der Waals surface area contributed by atoms with Crippen LogP contribution in [0.25, 0.3) is 0 Å². The van der Waals surface area contributed by atoms with Gasteiger partial charge in [0.1, 0.15) is 0 Å². The molecule has 3 heterocycles. The van der Waals surface area contributed by atoms with Crippen LogP contribution in [0.3, 0.4) is 0 Å². The standard InChI is InChI=1S/C18H26N4O/c23-18(22-8-6-14-10-19-11-15(14)7-9-22)16-12-20-21-17(16)13-4-2-1-3-5-13/h1-5,14-17,19-21H,6-12H2/t14-,15+,16?,17?. The van der Waals surface area contributed by atoms with Gasteiger partial charge >= 0.3 is 0 Å². The molecule has 23 heavy (non-hydrogen) atoms. The summed E-state index contributed by atoms with van der Waals surface area (Å²) in [7, 11) is 0. The van der Waals surface area contributed by atoms with Crippen LogP contribution in [-0.4, -0.2) is 43.5 Å². The molecule has 2 unspecified atom stereocenters. The molecule has 4 rings (SSSR count). The Morgan fingerprint density at radius 3 is 2.39 bits per heavy atom. The third kappa shape index (κ3) is 3.01. The number of hydrogen-bond acceptors (Lipinski definition) is 4. The summed E-state index contributed by atoms with van der Waals surface area (Å²) in [6.45, 7) is 4.81. The van der Waals surface area contributed by atoms with E-state index in [2.05, 4.69) is 33.2 Å². The Morgan fingerprint density at radius 2 is 1.70 bits per heavy atom. The Kier molecular flexibility index (Phi) is 4.33. The van der Waals surface area contributed by atoms with Crippen molar-refractivity contribution in [2.24, 2.45) is 17.8 Å². The fourth-order valence-corrected chi connectivity index (χ4v) is 4.38. The van der Waals surface area contributed by atoms with Gasteiger partial charge in [0.25, 0.3) is 0 Å². The van der Waals surface area contributed by atoms with Crippen molar-refractivity contribution in [3.63, 3.8) is 0 Å². The van der Waals surface area contributed by atoms with Crippen molar-refractivity contribution in [1.82, 2.24) is 21.1 Å². The molecule has 5 nitrogen and oxygen atoms in total. The van der Waals surface area contributed by atoms with E-state index < -0.39 is 0 Å². The van der Waals surface area contributed by atoms with Crippen LogP contribution in [0, 0.1) is 17.8 Å². The quantitative estimate of drug-likeness (QED) is 0.759. The Hall–Kier alpha value is -1.43. The van der Waals surface area contributed by atoms with Gasteiger partial charge in [-0.2, -0.15) is 0 Å². The maximum atomic E-state index is 13.1. The molecule has 3 aliphatic rings. The molecule has 1 amide bonds. The molecule has 1 aromatic carbocycles. The van der Waals surface area contributed by atoms with E-state index >= 15 is 0 Å². The summed E-state index contributed by atoms with van der Waals surface area (Å²) in [5.74, 6) is 1.83. The largest absolute Gasteiger partial charge is 0.342 e. The molecule has 4 atom stereocenters. The number of benzene rings is 1. The fourth-order valence-electron chi connectivity index (χ4n) is 4.38. The highest BCUT2D eigenvalue weighted by Gasteiger charge is 2.38. The third-order valence-electron chi connectivity index (χ3n) is 5.79. The second-order valence-electron chi connectivity index (χ2n) is 7.10. The molecule has 0 spiro atoms. The Morgan fingerprint density at radius 1 is 1.00 bits per heavy atom. The van der Waals surface area contributed by atoms with Gasteiger partial charge in [-0.05, 0) is 43.3 Å². The van der Waals surface area contributed by atoms with Crippen LogP contribution in [0.2, 0.25) is 0 Å². The van der Waals surface area contributed by atoms with E-state index in [4.69, 9.17) is 0 Å². The first kappa shape index (κ1) is 15.1. The number of likely N-dealkylation sites (tertiary alicyclic amines) is 1. The van der Waals surface area contributed by atoms with E-state index in [9.17, 15) is 4.79 Å². The first-order valence-electron chi connectivity index (χ1n) is 8.86. The van der Waals surface area contributed by atoms with Crippen LogP contribution < -0.4 is 16.2 Å². The molecule has 0 radical (unpaired) electrons. The average Bonchev–Trinajstić information content (AvgIpc) is 3.21. The number of hydrazine groups is 1. The maximum Gasteiger partial charge on any atom is 0.229 e. The smallest absolute Gasteiger partial charge is 0.229 e. The normalized spacial score (nSPS) is 34.2. The fraction of sp³-hybridized carbons (Fsp3) is 0.611. The van der Waals surface area contributed by atoms with Gasteiger partial charge in [-0.15, -0.1) is 0 Å². The number of rotatable bonds is 2. The summed E-state index contributed by atoms with van der Waals surface area (Å²) in [4.78, 5) is 15.2. The maximum absolute atomic E-state index is 13.1. The molecule has 3 aliphatic heterocycles. The number of hydrogen-bond donors (Lipinski definition) is 3. The Bertz CT molecular complexity index is 535. The van der Waals surface area contributed by atoms with Crippen molar-refractivity contribution in [2.75, 3.05) is 32.7 Å². The summed E-state index contributed by atoms with van der Waals surface area (Å²) >= 11 is 0. The van der Waals surface area contributed by atoms with Crippen LogP contribution in [0.15, 0.2) is 30.3 Å². The van der Waals surface area contributed by atoms with Gasteiger partial charge in [-0.25, -0.2) is 5.43 Å². The van der Waals surface area contributed by atoms with Gasteiger partial charge in [-0.3, -0.25) is 10.2 Å². The van der Waals surface area contributed by atoms with Crippen molar-refractivity contribution >= 4 is 5.91 Å². The molecule has 3 fully saturated rings. The molecule has 0 bridgehead atoms. The van der Waals surface area contributed by atoms with E-state index in [1.54, 1.807) is 0 Å². The number of nitrogens with one attached hydrogen (secondary N) is 3. The highest BCUT2D eigenvalue weighted by molar-refractivity contribution is 5.80. The van der Waals surface area contributed by atoms with Crippen molar-refractivity contribution < 1.29 is 4.79 Å². The lowest BCUT2D eigenvalue weighted by Gasteiger charge is -2.27. The molecular formula is C18H26N4O. The first-order valence-corrected chi connectivity index (χ1v) is 8.86. The summed E-state index contributed by atoms with van der Waals surface area (Å²) in [6.07, 6.45) is 2.29. The second-order valence-corrected chi connectivity index (χ2v) is 7.10. The number of carbonyl (C=O) groups is 1. The molecule has 5 heteroatoms. The summed E-state index contributed by atoms with van der Waals surface area (Å²) < 4.78 is 0. The van der Waals surface area contributed by atoms with Gasteiger partial charge in [0, 0.05) is 19.6 Å². The van der Waals surface area contributed by atoms with Crippen molar-refractivity contribution in [1.29, 1.82) is 0 Å². The van der Waals surface area contributed by atoms with Gasteiger partial charge in [0.05, 0.1) is 12.0 Å². The molecule has 3 saturated heterocycles. The minimum Gasteiger partial charge on any atom is -0.342 e. The van der Waals surface area contributed by atoms with Crippen LogP contribution in [0.4, 0.5) is 0 Å². The van der Waals surface area contributed by atoms with E-state index in [0.717, 1.165) is 50.9 Å². The monoisotopic (exact) mass is 314 g/mol. The number of amides is 1. The minimum absolute atomic E-state index is 0.00605. The van der Waals surface area contributed by atoms with Crippen LogP contribution in [0.5, 0.6) is 0 Å². The summed E-state index contributed by atoms with van der Waals surface area (Å²) in [6, 6.07) is 10.4. The predicted octanol–water partition coefficient (Wildman–Crippen LogP) is 0.910. The van der Waals surface area contributed by atoms with Gasteiger partial charge in [0.15, 0.2) is 0 Å². The zero-order valence-electron chi connectivity index (χ0n) is 13.5. The lowest BCUT2D eigenvalue weighted by Crippen LogP contribution is -2.40. The molecule has 3 N–H and O–H groups in total. The highest BCUT2D eigenvalue weighted by Crippen LogP contribution is 2.30. The Balaban J connectivity index is 1.45. The van der Waals surface area contributed by atoms with Gasteiger partial charge in [-0.1, -0.05) is 30.3 Å². The average molecular weight is 314 g/mol. The Labute approximate surface area is 137 Å². The van der Waals surface area contributed by atoms with E-state index in [1.807, 2.05) is 18.2 Å². The molecule has 0 aliphatic carbocycles. The van der Waals surface area contributed by atoms with Crippen LogP contribution in [-0.2, 0) is 4.79 Å². The zero-order valence-corrected chi connectivity index (χ0v) is 13.5. The lowest BCUT2D eigenvalue weighted by molar-refractivity contribution is -0.135. The zero-order chi connectivity index (χ0) is 15.6. The summed E-state index contributed by atoms with van der Waals surface area (Å²) in [5, 5.41) is 3.50. The number of fused-ring (bicyclic) bond motifs is 1. The molecular weight excluding hydrogens is 288 g/mol. The van der Waals surface area contributed by atoms with Gasteiger partial charge in [0.2, 0.25) is 5.91 Å².